The van der Waals surface area contributed by atoms with E-state index < -0.39 is 41.9 Å². The molecule has 6 aromatic rings. The number of benzene rings is 4. The van der Waals surface area contributed by atoms with Gasteiger partial charge in [-0.1, -0.05) is 97.1 Å². The van der Waals surface area contributed by atoms with E-state index in [9.17, 15) is 32.3 Å². The molecule has 0 spiro atoms. The molecule has 2 aliphatic heterocycles. The molecule has 4 heterocycles. The van der Waals surface area contributed by atoms with E-state index in [1.165, 1.54) is 24.0 Å². The molecule has 2 aliphatic rings. The highest BCUT2D eigenvalue weighted by atomic mass is 19.4. The number of nitrogens with one attached hydrogen (secondary N) is 3. The van der Waals surface area contributed by atoms with E-state index in [2.05, 4.69) is 25.3 Å². The van der Waals surface area contributed by atoms with Gasteiger partial charge in [0.2, 0.25) is 0 Å². The number of aromatic nitrogens is 4. The van der Waals surface area contributed by atoms with Crippen LogP contribution >= 0.6 is 0 Å². The maximum Gasteiger partial charge on any atom is 0.435 e. The van der Waals surface area contributed by atoms with Crippen LogP contribution in [0.3, 0.4) is 0 Å². The van der Waals surface area contributed by atoms with Crippen LogP contribution in [0.25, 0.3) is 33.6 Å². The van der Waals surface area contributed by atoms with Crippen molar-refractivity contribution in [3.8, 4) is 33.6 Å². The number of anilines is 1. The normalized spacial score (nSPS) is 16.6. The number of esters is 1. The second kappa shape index (κ2) is 18.5. The number of alkyl halides is 3. The van der Waals surface area contributed by atoms with Crippen LogP contribution in [0, 0.1) is 0 Å². The third kappa shape index (κ3) is 9.05. The number of hydrogen-bond acceptors (Lipinski definition) is 8. The van der Waals surface area contributed by atoms with Crippen molar-refractivity contribution in [2.75, 3.05) is 38.8 Å². The van der Waals surface area contributed by atoms with Gasteiger partial charge in [0.1, 0.15) is 24.2 Å². The van der Waals surface area contributed by atoms with Crippen molar-refractivity contribution in [2.45, 2.75) is 50.0 Å². The molecule has 4 amide bonds. The molecular weight excluding hydrogens is 830 g/mol. The molecule has 330 valence electrons. The Morgan fingerprint density at radius 2 is 1.33 bits per heavy atom. The summed E-state index contributed by atoms with van der Waals surface area (Å²) >= 11 is 0. The first-order chi connectivity index (χ1) is 30.9. The van der Waals surface area contributed by atoms with Gasteiger partial charge in [-0.3, -0.25) is 14.5 Å². The molecule has 0 radical (unpaired) electrons. The highest BCUT2D eigenvalue weighted by Gasteiger charge is 2.42. The maximum atomic E-state index is 14.6. The lowest BCUT2D eigenvalue weighted by atomic mass is 10.0. The molecule has 0 bridgehead atoms. The number of alkyl carbamates (subject to hydrolysis) is 1. The first-order valence-electron chi connectivity index (χ1n) is 20.8. The number of aromatic amines is 2. The molecule has 0 aliphatic carbocycles. The number of halogens is 3. The SMILES string of the molecule is COC(=O)CN(C(=O)N1CCC[C@H]1c1ncc(-c2ccc(-c3ccc(-c4[nH]c([C@@H]5CCCN5C(=O)[C@H](NC(=O)OC)c5ccccc5)nc4C(F)(F)F)cc3)cc2)[nH]1)c1ccccc1. The van der Waals surface area contributed by atoms with Gasteiger partial charge in [0.05, 0.1) is 43.9 Å². The largest absolute Gasteiger partial charge is 0.468 e. The number of para-hydroxylation sites is 1. The summed E-state index contributed by atoms with van der Waals surface area (Å²) in [6.45, 7) is 0.512. The minimum absolute atomic E-state index is 0.000329. The van der Waals surface area contributed by atoms with Crippen molar-refractivity contribution in [3.63, 3.8) is 0 Å². The number of hydrogen-bond donors (Lipinski definition) is 3. The second-order valence-corrected chi connectivity index (χ2v) is 15.5. The monoisotopic (exact) mass is 874 g/mol. The van der Waals surface area contributed by atoms with Crippen LogP contribution in [-0.2, 0) is 25.2 Å². The van der Waals surface area contributed by atoms with Crippen LogP contribution in [-0.4, -0.2) is 87.6 Å². The summed E-state index contributed by atoms with van der Waals surface area (Å²) < 4.78 is 53.3. The number of urea groups is 1. The lowest BCUT2D eigenvalue weighted by molar-refractivity contribution is -0.140. The molecule has 3 atom stereocenters. The van der Waals surface area contributed by atoms with Gasteiger partial charge in [-0.2, -0.15) is 13.2 Å². The van der Waals surface area contributed by atoms with Crippen molar-refractivity contribution in [3.05, 3.63) is 138 Å². The van der Waals surface area contributed by atoms with E-state index in [4.69, 9.17) is 9.47 Å². The zero-order chi connectivity index (χ0) is 45.0. The molecule has 14 nitrogen and oxygen atoms in total. The molecule has 8 rings (SSSR count). The summed E-state index contributed by atoms with van der Waals surface area (Å²) in [5.74, 6) is -0.417. The number of carbonyl (C=O) groups excluding carboxylic acids is 4. The van der Waals surface area contributed by atoms with Crippen LogP contribution < -0.4 is 10.2 Å². The average Bonchev–Trinajstić information content (AvgIpc) is 4.17. The number of carbonyl (C=O) groups is 4. The summed E-state index contributed by atoms with van der Waals surface area (Å²) in [7, 11) is 2.46. The fourth-order valence-corrected chi connectivity index (χ4v) is 8.38. The topological polar surface area (TPSA) is 166 Å². The van der Waals surface area contributed by atoms with Crippen molar-refractivity contribution < 1.29 is 41.8 Å². The van der Waals surface area contributed by atoms with Crippen LogP contribution in [0.5, 0.6) is 0 Å². The maximum absolute atomic E-state index is 14.6. The molecule has 17 heteroatoms. The molecule has 4 aromatic carbocycles. The summed E-state index contributed by atoms with van der Waals surface area (Å²) in [6, 6.07) is 29.2. The second-order valence-electron chi connectivity index (χ2n) is 15.5. The number of imidazole rings is 2. The highest BCUT2D eigenvalue weighted by molar-refractivity contribution is 5.97. The van der Waals surface area contributed by atoms with Crippen LogP contribution in [0.2, 0.25) is 0 Å². The Bertz CT molecular complexity index is 2600. The van der Waals surface area contributed by atoms with E-state index in [0.29, 0.717) is 42.9 Å². The van der Waals surface area contributed by atoms with Gasteiger partial charge in [-0.25, -0.2) is 19.6 Å². The van der Waals surface area contributed by atoms with Crippen LogP contribution in [0.15, 0.2) is 115 Å². The van der Waals surface area contributed by atoms with Crippen molar-refractivity contribution in [2.24, 2.45) is 0 Å². The minimum Gasteiger partial charge on any atom is -0.468 e. The fraction of sp³-hybridized carbons (Fsp3) is 0.277. The van der Waals surface area contributed by atoms with Gasteiger partial charge in [0.15, 0.2) is 5.69 Å². The van der Waals surface area contributed by atoms with Crippen molar-refractivity contribution in [1.82, 2.24) is 35.1 Å². The number of H-pyrrole nitrogens is 2. The highest BCUT2D eigenvalue weighted by Crippen LogP contribution is 2.41. The molecule has 2 fully saturated rings. The smallest absolute Gasteiger partial charge is 0.435 e. The number of nitrogens with zero attached hydrogens (tertiary/aromatic N) is 5. The Kier molecular flexibility index (Phi) is 12.5. The Hall–Kier alpha value is -7.43. The Balaban J connectivity index is 0.982. The predicted octanol–water partition coefficient (Wildman–Crippen LogP) is 8.85. The Morgan fingerprint density at radius 3 is 1.94 bits per heavy atom. The first-order valence-corrected chi connectivity index (χ1v) is 20.8. The molecule has 2 aromatic heterocycles. The third-order valence-corrected chi connectivity index (χ3v) is 11.6. The number of ether oxygens (including phenoxy) is 2. The van der Waals surface area contributed by atoms with Gasteiger partial charge in [0.25, 0.3) is 5.91 Å². The van der Waals surface area contributed by atoms with E-state index >= 15 is 0 Å². The van der Waals surface area contributed by atoms with Gasteiger partial charge in [-0.15, -0.1) is 0 Å². The predicted molar refractivity (Wildman–Crippen MR) is 230 cm³/mol. The van der Waals surface area contributed by atoms with E-state index in [1.807, 2.05) is 30.3 Å². The number of rotatable bonds is 11. The van der Waals surface area contributed by atoms with E-state index in [1.54, 1.807) is 90.0 Å². The third-order valence-electron chi connectivity index (χ3n) is 11.6. The van der Waals surface area contributed by atoms with Gasteiger partial charge in [0, 0.05) is 24.3 Å². The summed E-state index contributed by atoms with van der Waals surface area (Å²) in [6.07, 6.45) is -1.57. The van der Waals surface area contributed by atoms with Gasteiger partial charge >= 0.3 is 24.3 Å². The lowest BCUT2D eigenvalue weighted by Crippen LogP contribution is -2.45. The Labute approximate surface area is 366 Å². The zero-order valence-corrected chi connectivity index (χ0v) is 35.0. The van der Waals surface area contributed by atoms with Crippen molar-refractivity contribution in [1.29, 1.82) is 0 Å². The van der Waals surface area contributed by atoms with E-state index in [-0.39, 0.29) is 42.2 Å². The molecule has 3 N–H and O–H groups in total. The Morgan fingerprint density at radius 1 is 0.750 bits per heavy atom. The van der Waals surface area contributed by atoms with E-state index in [0.717, 1.165) is 28.8 Å². The molecule has 64 heavy (non-hydrogen) atoms. The lowest BCUT2D eigenvalue weighted by Gasteiger charge is -2.30. The first kappa shape index (κ1) is 43.2. The molecule has 0 saturated carbocycles. The summed E-state index contributed by atoms with van der Waals surface area (Å²) in [5.41, 5.74) is 3.18. The van der Waals surface area contributed by atoms with Crippen molar-refractivity contribution >= 4 is 29.7 Å². The minimum atomic E-state index is -4.80. The summed E-state index contributed by atoms with van der Waals surface area (Å²) in [4.78, 5) is 71.9. The average molecular weight is 875 g/mol. The fourth-order valence-electron chi connectivity index (χ4n) is 8.38. The number of methoxy groups -OCH3 is 2. The number of amides is 4. The quantitative estimate of drug-likeness (QED) is 0.109. The van der Waals surface area contributed by atoms with Gasteiger partial charge in [-0.05, 0) is 60.1 Å². The summed E-state index contributed by atoms with van der Waals surface area (Å²) in [5, 5.41) is 2.57. The number of likely N-dealkylation sites (tertiary alicyclic amines) is 2. The standard InChI is InChI=1S/C47H45F3N8O6/c1-63-38(59)28-58(34-13-7-4-8-14-34)46(62)57-26-10-15-36(57)42-51-27-35(52-42)31-21-17-29(18-22-31)30-19-23-33(24-20-30)39-41(47(48,49)50)55-43(53-39)37-16-9-25-56(37)44(60)40(54-45(61)64-2)32-11-5-3-6-12-32/h3-8,11-14,17-24,27,36-37,40H,9-10,15-16,25-26,28H2,1-2H3,(H,51,52)(H,53,55)(H,54,61)/t36-,37-,40+/m0/s1. The van der Waals surface area contributed by atoms with Crippen LogP contribution in [0.4, 0.5) is 28.4 Å². The van der Waals surface area contributed by atoms with Gasteiger partial charge < -0.3 is 34.6 Å². The molecule has 0 unspecified atom stereocenters. The van der Waals surface area contributed by atoms with Crippen LogP contribution in [0.1, 0.15) is 66.7 Å². The molecular formula is C47H45F3N8O6. The molecule has 2 saturated heterocycles. The zero-order valence-electron chi connectivity index (χ0n) is 35.0.